The smallest absolute Gasteiger partial charge is 0.0729 e. The van der Waals surface area contributed by atoms with Gasteiger partial charge in [-0.05, 0) is 5.56 Å². The van der Waals surface area contributed by atoms with Crippen molar-refractivity contribution in [2.24, 2.45) is 0 Å². The minimum absolute atomic E-state index is 0.203. The second kappa shape index (κ2) is 6.74. The highest BCUT2D eigenvalue weighted by Gasteiger charge is 1.96. The SMILES string of the molecule is N#CCC(=N)CCOCc1ccccc1. The summed E-state index contributed by atoms with van der Waals surface area (Å²) in [6.45, 7) is 1.08. The van der Waals surface area contributed by atoms with E-state index in [-0.39, 0.29) is 6.42 Å². The highest BCUT2D eigenvalue weighted by Crippen LogP contribution is 2.01. The standard InChI is InChI=1S/C12H14N2O/c13-8-6-12(14)7-9-15-10-11-4-2-1-3-5-11/h1-5,14H,6-7,9-10H2. The van der Waals surface area contributed by atoms with Gasteiger partial charge in [-0.2, -0.15) is 5.26 Å². The Kier molecular flexibility index (Phi) is 5.13. The zero-order chi connectivity index (χ0) is 10.9. The van der Waals surface area contributed by atoms with Crippen molar-refractivity contribution in [1.82, 2.24) is 0 Å². The fraction of sp³-hybridized carbons (Fsp3) is 0.333. The molecule has 0 saturated carbocycles. The van der Waals surface area contributed by atoms with Crippen LogP contribution in [0, 0.1) is 16.7 Å². The normalized spacial score (nSPS) is 9.53. The topological polar surface area (TPSA) is 56.9 Å². The predicted octanol–water partition coefficient (Wildman–Crippen LogP) is 2.53. The Labute approximate surface area is 89.8 Å². The fourth-order valence-corrected chi connectivity index (χ4v) is 1.14. The molecule has 0 aliphatic carbocycles. The van der Waals surface area contributed by atoms with Crippen molar-refractivity contribution in [2.45, 2.75) is 19.4 Å². The molecule has 78 valence electrons. The van der Waals surface area contributed by atoms with Crippen molar-refractivity contribution in [2.75, 3.05) is 6.61 Å². The lowest BCUT2D eigenvalue weighted by Gasteiger charge is -2.03. The Balaban J connectivity index is 2.13. The molecule has 1 rings (SSSR count). The summed E-state index contributed by atoms with van der Waals surface area (Å²) in [6.07, 6.45) is 0.745. The molecular formula is C12H14N2O. The quantitative estimate of drug-likeness (QED) is 0.569. The van der Waals surface area contributed by atoms with E-state index in [1.54, 1.807) is 0 Å². The van der Waals surface area contributed by atoms with Gasteiger partial charge in [-0.15, -0.1) is 0 Å². The Morgan fingerprint density at radius 3 is 2.73 bits per heavy atom. The fourth-order valence-electron chi connectivity index (χ4n) is 1.14. The van der Waals surface area contributed by atoms with Gasteiger partial charge in [0.15, 0.2) is 0 Å². The van der Waals surface area contributed by atoms with Crippen molar-refractivity contribution in [3.63, 3.8) is 0 Å². The van der Waals surface area contributed by atoms with Crippen LogP contribution in [0.2, 0.25) is 0 Å². The van der Waals surface area contributed by atoms with E-state index in [9.17, 15) is 0 Å². The van der Waals surface area contributed by atoms with E-state index in [0.717, 1.165) is 5.56 Å². The summed E-state index contributed by atoms with van der Waals surface area (Å²) in [5.41, 5.74) is 1.56. The average Bonchev–Trinajstić information content (AvgIpc) is 2.26. The first-order valence-corrected chi connectivity index (χ1v) is 4.88. The molecule has 0 fully saturated rings. The third-order valence-electron chi connectivity index (χ3n) is 1.95. The molecule has 0 saturated heterocycles. The van der Waals surface area contributed by atoms with Crippen LogP contribution in [0.1, 0.15) is 18.4 Å². The van der Waals surface area contributed by atoms with E-state index in [0.29, 0.717) is 25.3 Å². The molecule has 0 aliphatic heterocycles. The number of nitriles is 1. The van der Waals surface area contributed by atoms with Crippen LogP contribution in [0.5, 0.6) is 0 Å². The van der Waals surface area contributed by atoms with Gasteiger partial charge in [-0.25, -0.2) is 0 Å². The van der Waals surface area contributed by atoms with E-state index in [4.69, 9.17) is 15.4 Å². The Morgan fingerprint density at radius 2 is 2.07 bits per heavy atom. The van der Waals surface area contributed by atoms with Gasteiger partial charge >= 0.3 is 0 Å². The van der Waals surface area contributed by atoms with Crippen LogP contribution >= 0.6 is 0 Å². The van der Waals surface area contributed by atoms with Crippen molar-refractivity contribution in [1.29, 1.82) is 10.7 Å². The number of hydrogen-bond acceptors (Lipinski definition) is 3. The number of rotatable bonds is 6. The second-order valence-corrected chi connectivity index (χ2v) is 3.23. The first-order chi connectivity index (χ1) is 7.33. The summed E-state index contributed by atoms with van der Waals surface area (Å²) in [7, 11) is 0. The summed E-state index contributed by atoms with van der Waals surface area (Å²) >= 11 is 0. The van der Waals surface area contributed by atoms with Gasteiger partial charge in [0, 0.05) is 12.1 Å². The lowest BCUT2D eigenvalue weighted by molar-refractivity contribution is 0.127. The highest BCUT2D eigenvalue weighted by atomic mass is 16.5. The van der Waals surface area contributed by atoms with Gasteiger partial charge in [0.1, 0.15) is 0 Å². The summed E-state index contributed by atoms with van der Waals surface area (Å²) < 4.78 is 5.39. The highest BCUT2D eigenvalue weighted by molar-refractivity contribution is 5.83. The van der Waals surface area contributed by atoms with Gasteiger partial charge in [-0.3, -0.25) is 0 Å². The molecule has 15 heavy (non-hydrogen) atoms. The van der Waals surface area contributed by atoms with E-state index in [1.807, 2.05) is 36.4 Å². The Bertz CT molecular complexity index is 340. The number of nitrogens with zero attached hydrogens (tertiary/aromatic N) is 1. The van der Waals surface area contributed by atoms with Crippen LogP contribution < -0.4 is 0 Å². The second-order valence-electron chi connectivity index (χ2n) is 3.23. The molecule has 0 heterocycles. The van der Waals surface area contributed by atoms with Crippen LogP contribution in [0.15, 0.2) is 30.3 Å². The van der Waals surface area contributed by atoms with Crippen molar-refractivity contribution in [3.8, 4) is 6.07 Å². The Hall–Kier alpha value is -1.66. The zero-order valence-electron chi connectivity index (χ0n) is 8.57. The molecule has 3 heteroatoms. The lowest BCUT2D eigenvalue weighted by Crippen LogP contribution is -2.02. The lowest BCUT2D eigenvalue weighted by atomic mass is 10.2. The number of nitrogens with one attached hydrogen (secondary N) is 1. The number of ether oxygens (including phenoxy) is 1. The molecule has 3 nitrogen and oxygen atoms in total. The van der Waals surface area contributed by atoms with Crippen LogP contribution in [0.25, 0.3) is 0 Å². The molecule has 0 aliphatic rings. The molecule has 0 aromatic heterocycles. The summed E-state index contributed by atoms with van der Waals surface area (Å²) in [6, 6.07) is 11.8. The maximum atomic E-state index is 8.34. The molecular weight excluding hydrogens is 188 g/mol. The van der Waals surface area contributed by atoms with Crippen molar-refractivity contribution in [3.05, 3.63) is 35.9 Å². The first-order valence-electron chi connectivity index (χ1n) is 4.88. The summed E-state index contributed by atoms with van der Waals surface area (Å²) in [5, 5.41) is 15.7. The van der Waals surface area contributed by atoms with Crippen LogP contribution in [0.3, 0.4) is 0 Å². The third-order valence-corrected chi connectivity index (χ3v) is 1.95. The zero-order valence-corrected chi connectivity index (χ0v) is 8.57. The largest absolute Gasteiger partial charge is 0.376 e. The van der Waals surface area contributed by atoms with Gasteiger partial charge < -0.3 is 10.1 Å². The molecule has 1 N–H and O–H groups in total. The van der Waals surface area contributed by atoms with Crippen molar-refractivity contribution < 1.29 is 4.74 Å². The first kappa shape index (κ1) is 11.4. The third kappa shape index (κ3) is 4.94. The van der Waals surface area contributed by atoms with Gasteiger partial charge in [0.05, 0.1) is 25.7 Å². The van der Waals surface area contributed by atoms with E-state index in [2.05, 4.69) is 0 Å². The minimum atomic E-state index is 0.203. The van der Waals surface area contributed by atoms with E-state index < -0.39 is 0 Å². The van der Waals surface area contributed by atoms with Gasteiger partial charge in [0.25, 0.3) is 0 Å². The molecule has 0 bridgehead atoms. The molecule has 1 aromatic carbocycles. The number of hydrogen-bond donors (Lipinski definition) is 1. The van der Waals surface area contributed by atoms with Gasteiger partial charge in [0.2, 0.25) is 0 Å². The maximum absolute atomic E-state index is 8.34. The molecule has 0 unspecified atom stereocenters. The minimum Gasteiger partial charge on any atom is -0.376 e. The van der Waals surface area contributed by atoms with Gasteiger partial charge in [-0.1, -0.05) is 30.3 Å². The molecule has 1 aromatic rings. The number of benzene rings is 1. The average molecular weight is 202 g/mol. The van der Waals surface area contributed by atoms with E-state index in [1.165, 1.54) is 0 Å². The molecule has 0 atom stereocenters. The monoisotopic (exact) mass is 202 g/mol. The molecule has 0 spiro atoms. The van der Waals surface area contributed by atoms with Crippen molar-refractivity contribution >= 4 is 5.71 Å². The molecule has 0 amide bonds. The Morgan fingerprint density at radius 1 is 1.33 bits per heavy atom. The maximum Gasteiger partial charge on any atom is 0.0729 e. The summed E-state index contributed by atoms with van der Waals surface area (Å²) in [5.74, 6) is 0. The predicted molar refractivity (Wildman–Crippen MR) is 58.7 cm³/mol. The van der Waals surface area contributed by atoms with Crippen LogP contribution in [0.4, 0.5) is 0 Å². The summed E-state index contributed by atoms with van der Waals surface area (Å²) in [4.78, 5) is 0. The van der Waals surface area contributed by atoms with E-state index >= 15 is 0 Å². The van der Waals surface area contributed by atoms with Crippen LogP contribution in [-0.4, -0.2) is 12.3 Å². The molecule has 0 radical (unpaired) electrons. The van der Waals surface area contributed by atoms with Crippen LogP contribution in [-0.2, 0) is 11.3 Å².